The highest BCUT2D eigenvalue weighted by Gasteiger charge is 2.31. The Balaban J connectivity index is 1.64. The Hall–Kier alpha value is -2.06. The first-order valence-electron chi connectivity index (χ1n) is 8.56. The molecule has 146 valence electrons. The summed E-state index contributed by atoms with van der Waals surface area (Å²) in [5.74, 6) is 0.688. The molecule has 0 unspecified atom stereocenters. The fourth-order valence-corrected chi connectivity index (χ4v) is 4.33. The highest BCUT2D eigenvalue weighted by Crippen LogP contribution is 2.31. The van der Waals surface area contributed by atoms with Gasteiger partial charge in [-0.05, 0) is 48.2 Å². The van der Waals surface area contributed by atoms with E-state index in [0.29, 0.717) is 13.0 Å². The van der Waals surface area contributed by atoms with Crippen molar-refractivity contribution in [2.24, 2.45) is 0 Å². The van der Waals surface area contributed by atoms with Crippen LogP contribution in [0.2, 0.25) is 0 Å². The number of alkyl halides is 3. The number of ether oxygens (including phenoxy) is 1. The van der Waals surface area contributed by atoms with E-state index in [1.54, 1.807) is 0 Å². The lowest BCUT2D eigenvalue weighted by atomic mass is 10.1. The van der Waals surface area contributed by atoms with Crippen LogP contribution in [-0.4, -0.2) is 20.8 Å². The lowest BCUT2D eigenvalue weighted by Gasteiger charge is -2.16. The van der Waals surface area contributed by atoms with E-state index in [0.717, 1.165) is 35.4 Å². The molecule has 0 aromatic heterocycles. The van der Waals surface area contributed by atoms with Crippen LogP contribution in [0.3, 0.4) is 0 Å². The summed E-state index contributed by atoms with van der Waals surface area (Å²) in [6, 6.07) is 9.52. The second-order valence-corrected chi connectivity index (χ2v) is 8.45. The lowest BCUT2D eigenvalue weighted by Crippen LogP contribution is -2.30. The summed E-state index contributed by atoms with van der Waals surface area (Å²) >= 11 is 0. The zero-order chi connectivity index (χ0) is 19.7. The molecule has 1 atom stereocenters. The molecule has 0 radical (unpaired) electrons. The van der Waals surface area contributed by atoms with Crippen LogP contribution >= 0.6 is 0 Å². The third kappa shape index (κ3) is 5.01. The Morgan fingerprint density at radius 1 is 1.19 bits per heavy atom. The predicted molar refractivity (Wildman–Crippen MR) is 96.1 cm³/mol. The average molecular weight is 399 g/mol. The molecule has 0 fully saturated rings. The molecule has 0 bridgehead atoms. The number of sulfonamides is 1. The van der Waals surface area contributed by atoms with E-state index in [1.807, 2.05) is 18.2 Å². The zero-order valence-electron chi connectivity index (χ0n) is 14.7. The van der Waals surface area contributed by atoms with Gasteiger partial charge in [0.05, 0.1) is 17.9 Å². The summed E-state index contributed by atoms with van der Waals surface area (Å²) in [6.07, 6.45) is -3.34. The van der Waals surface area contributed by atoms with Gasteiger partial charge in [0, 0.05) is 12.5 Å². The quantitative estimate of drug-likeness (QED) is 0.803. The van der Waals surface area contributed by atoms with Gasteiger partial charge in [-0.3, -0.25) is 0 Å². The van der Waals surface area contributed by atoms with Crippen LogP contribution in [-0.2, 0) is 29.0 Å². The van der Waals surface area contributed by atoms with Crippen molar-refractivity contribution in [1.29, 1.82) is 0 Å². The Kier molecular flexibility index (Phi) is 5.48. The third-order valence-electron chi connectivity index (χ3n) is 4.48. The molecule has 8 heteroatoms. The summed E-state index contributed by atoms with van der Waals surface area (Å²) in [5, 5.41) is 0. The highest BCUT2D eigenvalue weighted by atomic mass is 32.2. The molecule has 0 saturated heterocycles. The van der Waals surface area contributed by atoms with E-state index >= 15 is 0 Å². The Morgan fingerprint density at radius 2 is 1.96 bits per heavy atom. The summed E-state index contributed by atoms with van der Waals surface area (Å²) in [6.45, 7) is 2.16. The molecule has 0 spiro atoms. The van der Waals surface area contributed by atoms with Gasteiger partial charge in [0.15, 0.2) is 0 Å². The van der Waals surface area contributed by atoms with Crippen molar-refractivity contribution < 1.29 is 26.3 Å². The third-order valence-corrected chi connectivity index (χ3v) is 5.94. The molecule has 1 aliphatic heterocycles. The van der Waals surface area contributed by atoms with E-state index < -0.39 is 27.8 Å². The molecule has 3 rings (SSSR count). The second-order valence-electron chi connectivity index (χ2n) is 6.57. The minimum atomic E-state index is -4.47. The Bertz CT molecular complexity index is 926. The summed E-state index contributed by atoms with van der Waals surface area (Å²) < 4.78 is 71.0. The van der Waals surface area contributed by atoms with Gasteiger partial charge in [-0.15, -0.1) is 0 Å². The topological polar surface area (TPSA) is 55.4 Å². The van der Waals surface area contributed by atoms with Gasteiger partial charge >= 0.3 is 6.18 Å². The maximum absolute atomic E-state index is 12.8. The highest BCUT2D eigenvalue weighted by molar-refractivity contribution is 7.89. The molecule has 2 aromatic carbocycles. The van der Waals surface area contributed by atoms with E-state index in [-0.39, 0.29) is 11.3 Å². The summed E-state index contributed by atoms with van der Waals surface area (Å²) in [7, 11) is -3.65. The molecular weight excluding hydrogens is 379 g/mol. The maximum atomic E-state index is 12.8. The van der Waals surface area contributed by atoms with E-state index in [9.17, 15) is 21.6 Å². The van der Waals surface area contributed by atoms with Gasteiger partial charge in [-0.2, -0.15) is 13.2 Å². The van der Waals surface area contributed by atoms with Crippen molar-refractivity contribution in [3.63, 3.8) is 0 Å². The number of aryl methyl sites for hydroxylation is 1. The van der Waals surface area contributed by atoms with Crippen molar-refractivity contribution >= 4 is 10.0 Å². The molecule has 1 aliphatic rings. The molecule has 1 N–H and O–H groups in total. The van der Waals surface area contributed by atoms with Gasteiger partial charge in [-0.25, -0.2) is 13.1 Å². The molecule has 0 amide bonds. The van der Waals surface area contributed by atoms with Gasteiger partial charge in [0.25, 0.3) is 0 Å². The van der Waals surface area contributed by atoms with Gasteiger partial charge in [0.2, 0.25) is 10.0 Å². The molecule has 0 aliphatic carbocycles. The largest absolute Gasteiger partial charge is 0.493 e. The first-order chi connectivity index (χ1) is 12.6. The van der Waals surface area contributed by atoms with Gasteiger partial charge < -0.3 is 4.74 Å². The number of fused-ring (bicyclic) bond motifs is 1. The van der Waals surface area contributed by atoms with E-state index in [4.69, 9.17) is 4.74 Å². The Labute approximate surface area is 156 Å². The number of rotatable bonds is 6. The smallest absolute Gasteiger partial charge is 0.416 e. The fraction of sp³-hybridized carbons (Fsp3) is 0.368. The van der Waals surface area contributed by atoms with Crippen LogP contribution in [0.1, 0.15) is 35.2 Å². The van der Waals surface area contributed by atoms with Crippen LogP contribution < -0.4 is 9.46 Å². The van der Waals surface area contributed by atoms with Crippen molar-refractivity contribution in [3.05, 3.63) is 64.7 Å². The SMILES string of the molecule is C[C@H](NS(=O)(=O)CCc1ccc2c(c1)CCO2)c1cccc(C(F)(F)F)c1. The monoisotopic (exact) mass is 399 g/mol. The van der Waals surface area contributed by atoms with Crippen molar-refractivity contribution in [3.8, 4) is 5.75 Å². The number of halogens is 3. The average Bonchev–Trinajstić information content (AvgIpc) is 3.07. The number of hydrogen-bond donors (Lipinski definition) is 1. The van der Waals surface area contributed by atoms with Crippen molar-refractivity contribution in [2.75, 3.05) is 12.4 Å². The standard InChI is InChI=1S/C19H20F3NO3S/c1-13(15-3-2-4-17(12-15)19(20,21)22)23-27(24,25)10-8-14-5-6-18-16(11-14)7-9-26-18/h2-6,11-13,23H,7-10H2,1H3/t13-/m0/s1. The first-order valence-corrected chi connectivity index (χ1v) is 10.2. The molecule has 0 saturated carbocycles. The first kappa shape index (κ1) is 19.7. The van der Waals surface area contributed by atoms with Crippen molar-refractivity contribution in [2.45, 2.75) is 32.0 Å². The van der Waals surface area contributed by atoms with Crippen LogP contribution in [0.5, 0.6) is 5.75 Å². The molecular formula is C19H20F3NO3S. The molecule has 1 heterocycles. The summed E-state index contributed by atoms with van der Waals surface area (Å²) in [4.78, 5) is 0. The number of nitrogens with one attached hydrogen (secondary N) is 1. The fourth-order valence-electron chi connectivity index (χ4n) is 3.03. The lowest BCUT2D eigenvalue weighted by molar-refractivity contribution is -0.137. The van der Waals surface area contributed by atoms with Gasteiger partial charge in [-0.1, -0.05) is 24.3 Å². The van der Waals surface area contributed by atoms with Crippen LogP contribution in [0.4, 0.5) is 13.2 Å². The van der Waals surface area contributed by atoms with Gasteiger partial charge in [0.1, 0.15) is 5.75 Å². The van der Waals surface area contributed by atoms with E-state index in [1.165, 1.54) is 19.1 Å². The number of benzene rings is 2. The molecule has 27 heavy (non-hydrogen) atoms. The van der Waals surface area contributed by atoms with Crippen LogP contribution in [0, 0.1) is 0 Å². The van der Waals surface area contributed by atoms with E-state index in [2.05, 4.69) is 4.72 Å². The molecule has 2 aromatic rings. The minimum absolute atomic E-state index is 0.143. The van der Waals surface area contributed by atoms with Crippen molar-refractivity contribution in [1.82, 2.24) is 4.72 Å². The second kappa shape index (κ2) is 7.52. The zero-order valence-corrected chi connectivity index (χ0v) is 15.5. The Morgan fingerprint density at radius 3 is 2.70 bits per heavy atom. The van der Waals surface area contributed by atoms with Crippen LogP contribution in [0.15, 0.2) is 42.5 Å². The maximum Gasteiger partial charge on any atom is 0.416 e. The molecule has 4 nitrogen and oxygen atoms in total. The minimum Gasteiger partial charge on any atom is -0.493 e. The number of hydrogen-bond acceptors (Lipinski definition) is 3. The van der Waals surface area contributed by atoms with Crippen LogP contribution in [0.25, 0.3) is 0 Å². The summed E-state index contributed by atoms with van der Waals surface area (Å²) in [5.41, 5.74) is 1.42. The normalized spacial score (nSPS) is 15.3. The predicted octanol–water partition coefficient (Wildman–Crippen LogP) is 3.86.